The third-order valence-corrected chi connectivity index (χ3v) is 4.04. The van der Waals surface area contributed by atoms with Crippen molar-refractivity contribution in [3.8, 4) is 17.0 Å². The van der Waals surface area contributed by atoms with Crippen LogP contribution in [0.15, 0.2) is 42.6 Å². The number of rotatable bonds is 7. The molecule has 0 aliphatic rings. The van der Waals surface area contributed by atoms with Crippen molar-refractivity contribution >= 4 is 11.6 Å². The molecule has 25 heavy (non-hydrogen) atoms. The van der Waals surface area contributed by atoms with Gasteiger partial charge < -0.3 is 14.2 Å². The van der Waals surface area contributed by atoms with E-state index in [4.69, 9.17) is 14.8 Å². The molecule has 0 saturated carbocycles. The van der Waals surface area contributed by atoms with E-state index in [1.54, 1.807) is 0 Å². The quantitative estimate of drug-likeness (QED) is 0.704. The average molecular weight is 338 g/mol. The Labute approximate surface area is 146 Å². The van der Waals surface area contributed by atoms with Gasteiger partial charge in [-0.1, -0.05) is 13.0 Å². The number of nitrogens with zero attached hydrogens (tertiary/aromatic N) is 2. The largest absolute Gasteiger partial charge is 0.494 e. The SMILES string of the molecule is CCCOc1ccc(-c2nc3ccc(C)cn3c2CCC(=O)O)cc1. The molecule has 0 unspecified atom stereocenters. The molecule has 5 nitrogen and oxygen atoms in total. The zero-order valence-electron chi connectivity index (χ0n) is 14.5. The second-order valence-electron chi connectivity index (χ2n) is 6.11. The maximum Gasteiger partial charge on any atom is 0.303 e. The Morgan fingerprint density at radius 3 is 2.64 bits per heavy atom. The zero-order chi connectivity index (χ0) is 17.8. The van der Waals surface area contributed by atoms with E-state index < -0.39 is 5.97 Å². The highest BCUT2D eigenvalue weighted by Crippen LogP contribution is 2.27. The maximum absolute atomic E-state index is 11.0. The Kier molecular flexibility index (Phi) is 5.03. The molecule has 0 atom stereocenters. The van der Waals surface area contributed by atoms with Gasteiger partial charge in [-0.3, -0.25) is 4.79 Å². The van der Waals surface area contributed by atoms with Gasteiger partial charge in [0, 0.05) is 18.2 Å². The summed E-state index contributed by atoms with van der Waals surface area (Å²) >= 11 is 0. The number of ether oxygens (including phenoxy) is 1. The van der Waals surface area contributed by atoms with E-state index in [1.807, 2.05) is 53.9 Å². The van der Waals surface area contributed by atoms with Gasteiger partial charge in [0.25, 0.3) is 0 Å². The zero-order valence-corrected chi connectivity index (χ0v) is 14.5. The predicted octanol–water partition coefficient (Wildman–Crippen LogP) is 4.12. The highest BCUT2D eigenvalue weighted by atomic mass is 16.5. The molecule has 2 aromatic heterocycles. The van der Waals surface area contributed by atoms with Crippen molar-refractivity contribution in [2.75, 3.05) is 6.61 Å². The van der Waals surface area contributed by atoms with Crippen molar-refractivity contribution in [1.82, 2.24) is 9.38 Å². The van der Waals surface area contributed by atoms with E-state index in [0.717, 1.165) is 40.3 Å². The van der Waals surface area contributed by atoms with Crippen LogP contribution in [0.25, 0.3) is 16.9 Å². The lowest BCUT2D eigenvalue weighted by Gasteiger charge is -2.07. The monoisotopic (exact) mass is 338 g/mol. The summed E-state index contributed by atoms with van der Waals surface area (Å²) in [5.41, 5.74) is 4.64. The molecule has 2 heterocycles. The molecule has 1 N–H and O–H groups in total. The molecule has 0 aliphatic carbocycles. The van der Waals surface area contributed by atoms with E-state index in [1.165, 1.54) is 0 Å². The molecular formula is C20H22N2O3. The molecule has 0 radical (unpaired) electrons. The minimum atomic E-state index is -0.808. The number of carboxylic acid groups (broad SMARTS) is 1. The summed E-state index contributed by atoms with van der Waals surface area (Å²) in [6.45, 7) is 4.78. The van der Waals surface area contributed by atoms with E-state index in [0.29, 0.717) is 13.0 Å². The molecule has 3 rings (SSSR count). The number of pyridine rings is 1. The third-order valence-electron chi connectivity index (χ3n) is 4.04. The van der Waals surface area contributed by atoms with Crippen LogP contribution in [0.1, 0.15) is 31.0 Å². The van der Waals surface area contributed by atoms with Crippen molar-refractivity contribution < 1.29 is 14.6 Å². The van der Waals surface area contributed by atoms with Gasteiger partial charge in [-0.25, -0.2) is 4.98 Å². The van der Waals surface area contributed by atoms with Crippen LogP contribution in [-0.4, -0.2) is 27.1 Å². The minimum absolute atomic E-state index is 0.0758. The first-order valence-electron chi connectivity index (χ1n) is 8.51. The number of benzene rings is 1. The van der Waals surface area contributed by atoms with E-state index in [9.17, 15) is 4.79 Å². The second-order valence-corrected chi connectivity index (χ2v) is 6.11. The standard InChI is InChI=1S/C20H22N2O3/c1-3-12-25-16-7-5-15(6-8-16)20-17(9-11-19(23)24)22-13-14(2)4-10-18(22)21-20/h4-8,10,13H,3,9,11-12H2,1-2H3,(H,23,24). The van der Waals surface area contributed by atoms with Crippen molar-refractivity contribution in [2.24, 2.45) is 0 Å². The summed E-state index contributed by atoms with van der Waals surface area (Å²) in [5, 5.41) is 9.07. The average Bonchev–Trinajstić information content (AvgIpc) is 2.96. The summed E-state index contributed by atoms with van der Waals surface area (Å²) in [5.74, 6) is 0.0224. The van der Waals surface area contributed by atoms with Crippen LogP contribution >= 0.6 is 0 Å². The molecule has 0 aliphatic heterocycles. The maximum atomic E-state index is 11.0. The molecule has 1 aromatic carbocycles. The van der Waals surface area contributed by atoms with Crippen molar-refractivity contribution in [1.29, 1.82) is 0 Å². The summed E-state index contributed by atoms with van der Waals surface area (Å²) in [6.07, 6.45) is 3.48. The Balaban J connectivity index is 2.01. The number of fused-ring (bicyclic) bond motifs is 1. The summed E-state index contributed by atoms with van der Waals surface area (Å²) in [6, 6.07) is 11.8. The van der Waals surface area contributed by atoms with Gasteiger partial charge in [0.05, 0.1) is 24.4 Å². The summed E-state index contributed by atoms with van der Waals surface area (Å²) in [7, 11) is 0. The van der Waals surface area contributed by atoms with Crippen LogP contribution in [-0.2, 0) is 11.2 Å². The van der Waals surface area contributed by atoms with Crippen LogP contribution in [0, 0.1) is 6.92 Å². The lowest BCUT2D eigenvalue weighted by atomic mass is 10.1. The molecule has 0 spiro atoms. The smallest absolute Gasteiger partial charge is 0.303 e. The normalized spacial score (nSPS) is 11.0. The van der Waals surface area contributed by atoms with Gasteiger partial charge >= 0.3 is 5.97 Å². The second kappa shape index (κ2) is 7.38. The van der Waals surface area contributed by atoms with Crippen LogP contribution in [0.5, 0.6) is 5.75 Å². The summed E-state index contributed by atoms with van der Waals surface area (Å²) < 4.78 is 7.62. The molecule has 130 valence electrons. The predicted molar refractivity (Wildman–Crippen MR) is 97.1 cm³/mol. The molecule has 0 fully saturated rings. The number of hydrogen-bond acceptors (Lipinski definition) is 3. The van der Waals surface area contributed by atoms with E-state index in [-0.39, 0.29) is 6.42 Å². The number of hydrogen-bond donors (Lipinski definition) is 1. The number of aromatic nitrogens is 2. The van der Waals surface area contributed by atoms with Crippen molar-refractivity contribution in [3.63, 3.8) is 0 Å². The van der Waals surface area contributed by atoms with E-state index in [2.05, 4.69) is 6.92 Å². The fourth-order valence-electron chi connectivity index (χ4n) is 2.82. The molecular weight excluding hydrogens is 316 g/mol. The topological polar surface area (TPSA) is 63.8 Å². The lowest BCUT2D eigenvalue weighted by molar-refractivity contribution is -0.136. The summed E-state index contributed by atoms with van der Waals surface area (Å²) in [4.78, 5) is 15.8. The Bertz CT molecular complexity index is 882. The molecule has 0 bridgehead atoms. The van der Waals surface area contributed by atoms with Gasteiger partial charge in [0.1, 0.15) is 11.4 Å². The van der Waals surface area contributed by atoms with Crippen LogP contribution < -0.4 is 4.74 Å². The minimum Gasteiger partial charge on any atom is -0.494 e. The Morgan fingerprint density at radius 2 is 1.96 bits per heavy atom. The van der Waals surface area contributed by atoms with Crippen molar-refractivity contribution in [2.45, 2.75) is 33.1 Å². The van der Waals surface area contributed by atoms with E-state index >= 15 is 0 Å². The molecule has 0 amide bonds. The van der Waals surface area contributed by atoms with Crippen LogP contribution in [0.3, 0.4) is 0 Å². The molecule has 5 heteroatoms. The Hall–Kier alpha value is -2.82. The van der Waals surface area contributed by atoms with Gasteiger partial charge in [0.2, 0.25) is 0 Å². The number of aliphatic carboxylic acids is 1. The van der Waals surface area contributed by atoms with Crippen LogP contribution in [0.4, 0.5) is 0 Å². The van der Waals surface area contributed by atoms with Gasteiger partial charge in [-0.05, 0) is 49.2 Å². The third kappa shape index (κ3) is 3.82. The first-order valence-corrected chi connectivity index (χ1v) is 8.51. The van der Waals surface area contributed by atoms with Gasteiger partial charge in [-0.15, -0.1) is 0 Å². The van der Waals surface area contributed by atoms with Crippen LogP contribution in [0.2, 0.25) is 0 Å². The molecule has 0 saturated heterocycles. The number of carboxylic acids is 1. The number of imidazole rings is 1. The first kappa shape index (κ1) is 17.0. The lowest BCUT2D eigenvalue weighted by Crippen LogP contribution is -2.02. The Morgan fingerprint density at radius 1 is 1.20 bits per heavy atom. The number of carbonyl (C=O) groups is 1. The molecule has 3 aromatic rings. The highest BCUT2D eigenvalue weighted by Gasteiger charge is 2.15. The fourth-order valence-corrected chi connectivity index (χ4v) is 2.82. The van der Waals surface area contributed by atoms with Crippen molar-refractivity contribution in [3.05, 3.63) is 53.9 Å². The van der Waals surface area contributed by atoms with Gasteiger partial charge in [-0.2, -0.15) is 0 Å². The fraction of sp³-hybridized carbons (Fsp3) is 0.300. The highest BCUT2D eigenvalue weighted by molar-refractivity contribution is 5.70. The first-order chi connectivity index (χ1) is 12.1. The number of aryl methyl sites for hydroxylation is 2. The van der Waals surface area contributed by atoms with Gasteiger partial charge in [0.15, 0.2) is 0 Å².